The van der Waals surface area contributed by atoms with Gasteiger partial charge in [0.25, 0.3) is 5.91 Å². The molecule has 2 N–H and O–H groups in total. The van der Waals surface area contributed by atoms with Crippen molar-refractivity contribution in [3.8, 4) is 11.6 Å². The van der Waals surface area contributed by atoms with Crippen LogP contribution in [0.2, 0.25) is 5.02 Å². The molecule has 1 aromatic heterocycles. The molecule has 0 saturated carbocycles. The van der Waals surface area contributed by atoms with Gasteiger partial charge in [0, 0.05) is 38.3 Å². The Morgan fingerprint density at radius 2 is 2.15 bits per heavy atom. The van der Waals surface area contributed by atoms with E-state index in [-0.39, 0.29) is 23.8 Å². The first-order chi connectivity index (χ1) is 12.9. The number of nitrogen functional groups attached to an aromatic ring is 1. The van der Waals surface area contributed by atoms with Gasteiger partial charge in [0.1, 0.15) is 11.6 Å². The number of nitrogens with zero attached hydrogens (tertiary/aromatic N) is 4. The SMILES string of the molecule is CN(C)C(=O)c1cc(Cl)c2cc1Oc1cc(nc(N)n1)N1CCCOC[C@@H]21. The molecule has 9 heteroatoms. The third-order valence-corrected chi connectivity index (χ3v) is 4.98. The summed E-state index contributed by atoms with van der Waals surface area (Å²) in [6.07, 6.45) is 0.846. The fourth-order valence-electron chi connectivity index (χ4n) is 3.37. The van der Waals surface area contributed by atoms with Crippen molar-refractivity contribution in [1.29, 1.82) is 0 Å². The standard InChI is InChI=1S/C18H20ClN5O3/c1-23(2)17(25)11-6-12(19)10-7-14(11)27-16-8-15(21-18(20)22-16)24-4-3-5-26-9-13(10)24/h6-8,13H,3-5,9H2,1-2H3,(H2,20,21,22)/t13-/m0/s1. The predicted molar refractivity (Wildman–Crippen MR) is 102 cm³/mol. The Morgan fingerprint density at radius 3 is 2.93 bits per heavy atom. The van der Waals surface area contributed by atoms with Crippen molar-refractivity contribution in [1.82, 2.24) is 14.9 Å². The molecule has 1 fully saturated rings. The lowest BCUT2D eigenvalue weighted by Gasteiger charge is -2.31. The molecule has 2 aliphatic heterocycles. The zero-order valence-corrected chi connectivity index (χ0v) is 15.9. The van der Waals surface area contributed by atoms with Crippen LogP contribution in [0.25, 0.3) is 0 Å². The zero-order chi connectivity index (χ0) is 19.1. The number of anilines is 2. The number of carbonyl (C=O) groups is 1. The van der Waals surface area contributed by atoms with Gasteiger partial charge in [0.2, 0.25) is 11.8 Å². The number of ether oxygens (including phenoxy) is 2. The van der Waals surface area contributed by atoms with Gasteiger partial charge in [-0.05, 0) is 24.1 Å². The van der Waals surface area contributed by atoms with Gasteiger partial charge in [-0.25, -0.2) is 0 Å². The molecule has 142 valence electrons. The minimum atomic E-state index is -0.214. The molecular formula is C18H20ClN5O3. The van der Waals surface area contributed by atoms with Gasteiger partial charge >= 0.3 is 0 Å². The van der Waals surface area contributed by atoms with E-state index in [0.29, 0.717) is 35.4 Å². The number of fused-ring (bicyclic) bond motifs is 7. The van der Waals surface area contributed by atoms with Crippen molar-refractivity contribution < 1.29 is 14.3 Å². The summed E-state index contributed by atoms with van der Waals surface area (Å²) in [5.41, 5.74) is 7.07. The van der Waals surface area contributed by atoms with E-state index in [1.54, 1.807) is 32.3 Å². The van der Waals surface area contributed by atoms with Crippen LogP contribution in [-0.2, 0) is 4.74 Å². The lowest BCUT2D eigenvalue weighted by Crippen LogP contribution is -2.31. The second kappa shape index (κ2) is 6.86. The monoisotopic (exact) mass is 389 g/mol. The highest BCUT2D eigenvalue weighted by Crippen LogP contribution is 2.40. The van der Waals surface area contributed by atoms with Crippen LogP contribution in [0, 0.1) is 0 Å². The van der Waals surface area contributed by atoms with Gasteiger partial charge in [0.05, 0.1) is 18.2 Å². The van der Waals surface area contributed by atoms with Crippen molar-refractivity contribution >= 4 is 29.3 Å². The molecule has 1 saturated heterocycles. The molecule has 2 aliphatic rings. The summed E-state index contributed by atoms with van der Waals surface area (Å²) in [5, 5.41) is 0.476. The van der Waals surface area contributed by atoms with Gasteiger partial charge in [-0.15, -0.1) is 0 Å². The molecule has 0 aliphatic carbocycles. The second-order valence-electron chi connectivity index (χ2n) is 6.73. The highest BCUT2D eigenvalue weighted by atomic mass is 35.5. The molecule has 4 bridgehead atoms. The van der Waals surface area contributed by atoms with Crippen LogP contribution in [0.1, 0.15) is 28.4 Å². The first kappa shape index (κ1) is 17.8. The van der Waals surface area contributed by atoms with Crippen LogP contribution in [0.15, 0.2) is 18.2 Å². The summed E-state index contributed by atoms with van der Waals surface area (Å²) in [6, 6.07) is 4.98. The highest BCUT2D eigenvalue weighted by Gasteiger charge is 2.31. The fraction of sp³-hybridized carbons (Fsp3) is 0.389. The lowest BCUT2D eigenvalue weighted by molar-refractivity contribution is 0.0825. The fourth-order valence-corrected chi connectivity index (χ4v) is 3.66. The summed E-state index contributed by atoms with van der Waals surface area (Å²) >= 11 is 6.59. The molecule has 1 aromatic carbocycles. The predicted octanol–water partition coefficient (Wildman–Crippen LogP) is 2.49. The third kappa shape index (κ3) is 3.26. The first-order valence-corrected chi connectivity index (χ1v) is 9.03. The Balaban J connectivity index is 1.95. The molecule has 1 amide bonds. The van der Waals surface area contributed by atoms with Crippen molar-refractivity contribution in [2.45, 2.75) is 12.5 Å². The lowest BCUT2D eigenvalue weighted by atomic mass is 10.0. The van der Waals surface area contributed by atoms with E-state index < -0.39 is 0 Å². The Morgan fingerprint density at radius 1 is 1.33 bits per heavy atom. The van der Waals surface area contributed by atoms with Gasteiger partial charge in [-0.3, -0.25) is 4.79 Å². The molecule has 27 heavy (non-hydrogen) atoms. The number of amides is 1. The van der Waals surface area contributed by atoms with E-state index in [1.165, 1.54) is 4.90 Å². The maximum absolute atomic E-state index is 12.6. The van der Waals surface area contributed by atoms with E-state index in [0.717, 1.165) is 18.5 Å². The molecule has 3 heterocycles. The number of benzene rings is 1. The summed E-state index contributed by atoms with van der Waals surface area (Å²) in [5.74, 6) is 1.20. The number of hydrogen-bond acceptors (Lipinski definition) is 7. The topological polar surface area (TPSA) is 93.8 Å². The summed E-state index contributed by atoms with van der Waals surface area (Å²) < 4.78 is 11.7. The molecule has 2 aromatic rings. The first-order valence-electron chi connectivity index (χ1n) is 8.66. The van der Waals surface area contributed by atoms with Crippen LogP contribution in [0.5, 0.6) is 11.6 Å². The Labute approximate surface area is 161 Å². The molecule has 0 unspecified atom stereocenters. The van der Waals surface area contributed by atoms with Crippen molar-refractivity contribution in [3.63, 3.8) is 0 Å². The summed E-state index contributed by atoms with van der Waals surface area (Å²) in [6.45, 7) is 1.82. The minimum Gasteiger partial charge on any atom is -0.438 e. The van der Waals surface area contributed by atoms with E-state index in [4.69, 9.17) is 26.8 Å². The molecule has 0 spiro atoms. The third-order valence-electron chi connectivity index (χ3n) is 4.65. The smallest absolute Gasteiger partial charge is 0.257 e. The summed E-state index contributed by atoms with van der Waals surface area (Å²) in [7, 11) is 3.35. The molecule has 1 atom stereocenters. The van der Waals surface area contributed by atoms with Crippen LogP contribution in [-0.4, -0.2) is 54.6 Å². The number of carbonyl (C=O) groups excluding carboxylic acids is 1. The van der Waals surface area contributed by atoms with E-state index in [9.17, 15) is 4.79 Å². The number of hydrogen-bond donors (Lipinski definition) is 1. The Hall–Kier alpha value is -2.58. The van der Waals surface area contributed by atoms with E-state index >= 15 is 0 Å². The maximum Gasteiger partial charge on any atom is 0.257 e. The van der Waals surface area contributed by atoms with Crippen LogP contribution in [0.3, 0.4) is 0 Å². The normalized spacial score (nSPS) is 18.3. The van der Waals surface area contributed by atoms with Crippen LogP contribution >= 0.6 is 11.6 Å². The molecule has 8 nitrogen and oxygen atoms in total. The van der Waals surface area contributed by atoms with E-state index in [1.807, 2.05) is 0 Å². The molecule has 4 rings (SSSR count). The van der Waals surface area contributed by atoms with Crippen LogP contribution < -0.4 is 15.4 Å². The molecular weight excluding hydrogens is 370 g/mol. The van der Waals surface area contributed by atoms with Crippen LogP contribution in [0.4, 0.5) is 11.8 Å². The Bertz CT molecular complexity index is 905. The minimum absolute atomic E-state index is 0.105. The highest BCUT2D eigenvalue weighted by molar-refractivity contribution is 6.32. The van der Waals surface area contributed by atoms with Crippen molar-refractivity contribution in [3.05, 3.63) is 34.3 Å². The van der Waals surface area contributed by atoms with E-state index in [2.05, 4.69) is 14.9 Å². The number of aromatic nitrogens is 2. The van der Waals surface area contributed by atoms with Gasteiger partial charge in [-0.2, -0.15) is 9.97 Å². The van der Waals surface area contributed by atoms with Crippen molar-refractivity contribution in [2.75, 3.05) is 44.5 Å². The quantitative estimate of drug-likeness (QED) is 0.800. The summed E-state index contributed by atoms with van der Waals surface area (Å²) in [4.78, 5) is 24.7. The zero-order valence-electron chi connectivity index (χ0n) is 15.1. The van der Waals surface area contributed by atoms with Gasteiger partial charge < -0.3 is 25.0 Å². The number of nitrogens with two attached hydrogens (primary N) is 1. The number of rotatable bonds is 1. The second-order valence-corrected chi connectivity index (χ2v) is 7.14. The van der Waals surface area contributed by atoms with Gasteiger partial charge in [0.15, 0.2) is 0 Å². The van der Waals surface area contributed by atoms with Crippen molar-refractivity contribution in [2.24, 2.45) is 0 Å². The molecule has 0 radical (unpaired) electrons. The average molecular weight is 390 g/mol. The largest absolute Gasteiger partial charge is 0.438 e. The Kier molecular flexibility index (Phi) is 4.53. The van der Waals surface area contributed by atoms with Gasteiger partial charge in [-0.1, -0.05) is 11.6 Å². The number of halogens is 1. The average Bonchev–Trinajstić information content (AvgIpc) is 2.85. The maximum atomic E-state index is 12.6.